The molecule has 4 N–H and O–H groups in total. The van der Waals surface area contributed by atoms with Crippen LogP contribution in [0, 0.1) is 11.6 Å². The molecule has 2 aromatic heterocycles. The summed E-state index contributed by atoms with van der Waals surface area (Å²) in [7, 11) is 0. The molecular formula is C25H19BrF5N5O5. The maximum Gasteiger partial charge on any atom is 0.416 e. The van der Waals surface area contributed by atoms with Crippen LogP contribution in [0.4, 0.5) is 26.7 Å². The summed E-state index contributed by atoms with van der Waals surface area (Å²) in [4.78, 5) is 35.6. The number of carboxylic acid groups (broad SMARTS) is 1. The normalized spacial score (nSPS) is 12.2. The van der Waals surface area contributed by atoms with Gasteiger partial charge in [0.2, 0.25) is 5.89 Å². The summed E-state index contributed by atoms with van der Waals surface area (Å²) in [5.41, 5.74) is 3.98. The van der Waals surface area contributed by atoms with Crippen LogP contribution in [-0.4, -0.2) is 56.7 Å². The maximum atomic E-state index is 14.5. The Balaban J connectivity index is 1.55. The van der Waals surface area contributed by atoms with Gasteiger partial charge in [0.05, 0.1) is 30.0 Å². The molecule has 0 saturated heterocycles. The molecular weight excluding hydrogens is 625 g/mol. The fraction of sp³-hybridized carbons (Fsp3) is 0.200. The molecule has 4 rings (SSSR count). The highest BCUT2D eigenvalue weighted by Gasteiger charge is 2.31. The number of hydrogen-bond acceptors (Lipinski definition) is 6. The Morgan fingerprint density at radius 1 is 1.17 bits per heavy atom. The van der Waals surface area contributed by atoms with Gasteiger partial charge < -0.3 is 29.9 Å². The molecule has 0 spiro atoms. The van der Waals surface area contributed by atoms with Crippen LogP contribution < -0.4 is 10.5 Å². The lowest BCUT2D eigenvalue weighted by molar-refractivity contribution is -0.137. The Morgan fingerprint density at radius 3 is 2.46 bits per heavy atom. The second-order valence-corrected chi connectivity index (χ2v) is 9.19. The Morgan fingerprint density at radius 2 is 1.88 bits per heavy atom. The van der Waals surface area contributed by atoms with Crippen molar-refractivity contribution in [2.24, 2.45) is 5.73 Å². The van der Waals surface area contributed by atoms with Gasteiger partial charge in [0.1, 0.15) is 23.7 Å². The topological polar surface area (TPSA) is 148 Å². The third-order valence-electron chi connectivity index (χ3n) is 5.86. The predicted molar refractivity (Wildman–Crippen MR) is 135 cm³/mol. The number of ether oxygens (including phenoxy) is 1. The molecule has 4 aromatic rings. The number of amides is 2. The third kappa shape index (κ3) is 6.65. The fourth-order valence-electron chi connectivity index (χ4n) is 3.84. The smallest absolute Gasteiger partial charge is 0.416 e. The zero-order valence-electron chi connectivity index (χ0n) is 20.6. The number of nitrogens with two attached hydrogens (primary N) is 1. The summed E-state index contributed by atoms with van der Waals surface area (Å²) < 4.78 is 78.1. The lowest BCUT2D eigenvalue weighted by Crippen LogP contribution is -2.37. The number of hydrogen-bond donors (Lipinski definition) is 3. The van der Waals surface area contributed by atoms with E-state index in [1.807, 2.05) is 0 Å². The number of oxazole rings is 1. The van der Waals surface area contributed by atoms with E-state index in [2.05, 4.69) is 30.9 Å². The van der Waals surface area contributed by atoms with E-state index in [-0.39, 0.29) is 29.3 Å². The number of halogens is 6. The molecule has 0 aliphatic carbocycles. The van der Waals surface area contributed by atoms with Gasteiger partial charge in [-0.2, -0.15) is 13.2 Å². The van der Waals surface area contributed by atoms with Crippen molar-refractivity contribution in [3.05, 3.63) is 87.9 Å². The van der Waals surface area contributed by atoms with E-state index in [0.29, 0.717) is 11.3 Å². The molecule has 0 saturated carbocycles. The third-order valence-corrected chi connectivity index (χ3v) is 6.39. The molecule has 10 nitrogen and oxygen atoms in total. The Kier molecular flexibility index (Phi) is 8.60. The number of primary amides is 1. The predicted octanol–water partition coefficient (Wildman–Crippen LogP) is 5.41. The average Bonchev–Trinajstić information content (AvgIpc) is 3.57. The van der Waals surface area contributed by atoms with E-state index in [4.69, 9.17) is 14.9 Å². The summed E-state index contributed by atoms with van der Waals surface area (Å²) in [5, 5.41) is 9.81. The van der Waals surface area contributed by atoms with Gasteiger partial charge >= 0.3 is 12.3 Å². The minimum Gasteiger partial charge on any atom is -0.489 e. The van der Waals surface area contributed by atoms with Gasteiger partial charge in [-0.3, -0.25) is 4.79 Å². The molecule has 0 aliphatic heterocycles. The summed E-state index contributed by atoms with van der Waals surface area (Å²) >= 11 is 3.21. The van der Waals surface area contributed by atoms with Crippen molar-refractivity contribution in [3.8, 4) is 17.0 Å². The van der Waals surface area contributed by atoms with Gasteiger partial charge in [0, 0.05) is 18.3 Å². The van der Waals surface area contributed by atoms with Gasteiger partial charge in [-0.25, -0.2) is 23.5 Å². The number of alkyl halides is 3. The maximum absolute atomic E-state index is 14.5. The van der Waals surface area contributed by atoms with E-state index in [0.717, 1.165) is 29.2 Å². The van der Waals surface area contributed by atoms with Gasteiger partial charge in [0.25, 0.3) is 5.91 Å². The summed E-state index contributed by atoms with van der Waals surface area (Å²) in [6, 6.07) is 5.95. The number of carbonyl (C=O) groups is 2. The van der Waals surface area contributed by atoms with E-state index >= 15 is 0 Å². The number of H-pyrrole nitrogens is 1. The van der Waals surface area contributed by atoms with Crippen LogP contribution >= 0.6 is 15.9 Å². The summed E-state index contributed by atoms with van der Waals surface area (Å²) in [6.07, 6.45) is -3.08. The molecule has 216 valence electrons. The molecule has 16 heteroatoms. The van der Waals surface area contributed by atoms with Gasteiger partial charge in [-0.05, 0) is 40.2 Å². The minimum atomic E-state index is -4.52. The van der Waals surface area contributed by atoms with Gasteiger partial charge in [-0.1, -0.05) is 12.1 Å². The SMILES string of the molecule is NC(=O)c1c(F)ccc(OCCN(CC(c2c[nH]cn2)c2nc(-c3ccc(C(F)(F)F)cc3)c(Br)o2)C(=O)O)c1F. The second-order valence-electron chi connectivity index (χ2n) is 8.47. The molecule has 1 atom stereocenters. The molecule has 2 heterocycles. The molecule has 0 aliphatic rings. The largest absolute Gasteiger partial charge is 0.489 e. The highest BCUT2D eigenvalue weighted by molar-refractivity contribution is 9.10. The van der Waals surface area contributed by atoms with E-state index in [1.165, 1.54) is 24.7 Å². The second kappa shape index (κ2) is 12.0. The number of aromatic amines is 1. The van der Waals surface area contributed by atoms with Crippen LogP contribution in [0.2, 0.25) is 0 Å². The molecule has 0 fully saturated rings. The van der Waals surface area contributed by atoms with Crippen molar-refractivity contribution >= 4 is 27.9 Å². The quantitative estimate of drug-likeness (QED) is 0.196. The Bertz CT molecular complexity index is 1540. The standard InChI is InChI=1S/C25H19BrF5N5O5/c26-21-20(12-1-3-13(4-2-12)25(29,30)31)35-23(41-21)14(16-9-33-11-34-16)10-36(24(38)39)7-8-40-17-6-5-15(27)18(19(17)28)22(32)37/h1-6,9,11,14H,7-8,10H2,(H2,32,37)(H,33,34)(H,38,39). The van der Waals surface area contributed by atoms with Crippen molar-refractivity contribution in [1.29, 1.82) is 0 Å². The first kappa shape index (κ1) is 29.5. The van der Waals surface area contributed by atoms with E-state index in [1.54, 1.807) is 0 Å². The van der Waals surface area contributed by atoms with Crippen molar-refractivity contribution < 1.29 is 45.8 Å². The molecule has 1 unspecified atom stereocenters. The lowest BCUT2D eigenvalue weighted by atomic mass is 10.1. The van der Waals surface area contributed by atoms with E-state index < -0.39 is 59.2 Å². The first-order valence-electron chi connectivity index (χ1n) is 11.6. The number of nitrogens with one attached hydrogen (secondary N) is 1. The average molecular weight is 644 g/mol. The number of aromatic nitrogens is 3. The molecule has 41 heavy (non-hydrogen) atoms. The summed E-state index contributed by atoms with van der Waals surface area (Å²) in [6.45, 7) is -0.986. The Hall–Kier alpha value is -4.47. The first-order chi connectivity index (χ1) is 19.4. The number of imidazole rings is 1. The first-order valence-corrected chi connectivity index (χ1v) is 12.4. The minimum absolute atomic E-state index is 0.00159. The monoisotopic (exact) mass is 643 g/mol. The van der Waals surface area contributed by atoms with Crippen molar-refractivity contribution in [2.45, 2.75) is 12.1 Å². The molecule has 2 amide bonds. The highest BCUT2D eigenvalue weighted by atomic mass is 79.9. The highest BCUT2D eigenvalue weighted by Crippen LogP contribution is 2.36. The van der Waals surface area contributed by atoms with Crippen LogP contribution in [0.25, 0.3) is 11.3 Å². The molecule has 2 aromatic carbocycles. The van der Waals surface area contributed by atoms with Crippen LogP contribution in [0.3, 0.4) is 0 Å². The van der Waals surface area contributed by atoms with Gasteiger partial charge in [0.15, 0.2) is 16.2 Å². The fourth-order valence-corrected chi connectivity index (χ4v) is 4.33. The summed E-state index contributed by atoms with van der Waals surface area (Å²) in [5.74, 6) is -5.24. The zero-order chi connectivity index (χ0) is 29.9. The molecule has 0 bridgehead atoms. The molecule has 0 radical (unpaired) electrons. The van der Waals surface area contributed by atoms with E-state index in [9.17, 15) is 36.6 Å². The van der Waals surface area contributed by atoms with Crippen molar-refractivity contribution in [2.75, 3.05) is 19.7 Å². The van der Waals surface area contributed by atoms with Crippen LogP contribution in [0.15, 0.2) is 58.0 Å². The number of nitrogens with zero attached hydrogens (tertiary/aromatic N) is 3. The van der Waals surface area contributed by atoms with Crippen LogP contribution in [-0.2, 0) is 6.18 Å². The zero-order valence-corrected chi connectivity index (χ0v) is 22.2. The van der Waals surface area contributed by atoms with Crippen molar-refractivity contribution in [3.63, 3.8) is 0 Å². The Labute approximate surface area is 236 Å². The number of carbonyl (C=O) groups excluding carboxylic acids is 1. The number of rotatable bonds is 10. The van der Waals surface area contributed by atoms with Crippen LogP contribution in [0.5, 0.6) is 5.75 Å². The number of benzene rings is 2. The van der Waals surface area contributed by atoms with Crippen molar-refractivity contribution in [1.82, 2.24) is 19.9 Å². The lowest BCUT2D eigenvalue weighted by Gasteiger charge is -2.23. The van der Waals surface area contributed by atoms with Crippen LogP contribution in [0.1, 0.15) is 33.4 Å². The van der Waals surface area contributed by atoms with Gasteiger partial charge in [-0.15, -0.1) is 0 Å².